The van der Waals surface area contributed by atoms with Crippen molar-refractivity contribution in [2.24, 2.45) is 4.99 Å². The number of pyridine rings is 1. The first-order valence-corrected chi connectivity index (χ1v) is 9.64. The van der Waals surface area contributed by atoms with Gasteiger partial charge in [-0.25, -0.2) is 0 Å². The number of nitrogens with zero attached hydrogens (tertiary/aromatic N) is 4. The Kier molecular flexibility index (Phi) is 8.98. The lowest BCUT2D eigenvalue weighted by Gasteiger charge is -2.18. The predicted molar refractivity (Wildman–Crippen MR) is 126 cm³/mol. The largest absolute Gasteiger partial charge is 0.357 e. The van der Waals surface area contributed by atoms with Crippen molar-refractivity contribution in [2.75, 3.05) is 13.1 Å². The molecule has 28 heavy (non-hydrogen) atoms. The van der Waals surface area contributed by atoms with E-state index in [1.165, 1.54) is 5.56 Å². The summed E-state index contributed by atoms with van der Waals surface area (Å²) in [5.41, 5.74) is 2.04. The summed E-state index contributed by atoms with van der Waals surface area (Å²) in [4.78, 5) is 4.69. The molecular weight excluding hydrogens is 487 g/mol. The predicted octanol–water partition coefficient (Wildman–Crippen LogP) is 4.25. The molecule has 2 heterocycles. The molecule has 0 saturated heterocycles. The maximum atomic E-state index is 5.97. The molecule has 0 spiro atoms. The lowest BCUT2D eigenvalue weighted by molar-refractivity contribution is 0.681. The van der Waals surface area contributed by atoms with Crippen molar-refractivity contribution < 1.29 is 0 Å². The average molecular weight is 513 g/mol. The molecule has 0 aliphatic heterocycles. The molecule has 1 atom stereocenters. The number of aliphatic imine (C=N–C) groups is 1. The van der Waals surface area contributed by atoms with Gasteiger partial charge >= 0.3 is 0 Å². The van der Waals surface area contributed by atoms with E-state index in [1.807, 2.05) is 53.1 Å². The Morgan fingerprint density at radius 3 is 2.71 bits per heavy atom. The normalized spacial score (nSPS) is 12.5. The Bertz CT molecular complexity index is 893. The molecule has 2 aromatic heterocycles. The molecule has 0 radical (unpaired) electrons. The molecule has 0 saturated carbocycles. The fourth-order valence-electron chi connectivity index (χ4n) is 2.85. The van der Waals surface area contributed by atoms with Crippen LogP contribution < -0.4 is 10.6 Å². The van der Waals surface area contributed by atoms with Gasteiger partial charge in [0.05, 0.1) is 6.04 Å². The lowest BCUT2D eigenvalue weighted by Crippen LogP contribution is -2.38. The average Bonchev–Trinajstić information content (AvgIpc) is 3.09. The third kappa shape index (κ3) is 6.07. The lowest BCUT2D eigenvalue weighted by atomic mass is 10.1. The maximum absolute atomic E-state index is 5.97. The number of hydrogen-bond acceptors (Lipinski definition) is 3. The molecule has 1 unspecified atom stereocenters. The van der Waals surface area contributed by atoms with Crippen molar-refractivity contribution in [3.05, 3.63) is 65.1 Å². The van der Waals surface area contributed by atoms with Crippen LogP contribution >= 0.6 is 35.6 Å². The Hall–Kier alpha value is -1.87. The zero-order chi connectivity index (χ0) is 19.1. The number of nitrogens with one attached hydrogen (secondary N) is 2. The smallest absolute Gasteiger partial charge is 0.191 e. The van der Waals surface area contributed by atoms with E-state index in [0.717, 1.165) is 41.8 Å². The van der Waals surface area contributed by atoms with Gasteiger partial charge in [0.2, 0.25) is 0 Å². The van der Waals surface area contributed by atoms with E-state index >= 15 is 0 Å². The summed E-state index contributed by atoms with van der Waals surface area (Å²) in [6.45, 7) is 5.70. The molecule has 2 N–H and O–H groups in total. The molecule has 3 rings (SSSR count). The van der Waals surface area contributed by atoms with E-state index in [2.05, 4.69) is 39.7 Å². The summed E-state index contributed by atoms with van der Waals surface area (Å²) >= 11 is 5.97. The van der Waals surface area contributed by atoms with Gasteiger partial charge in [0.15, 0.2) is 11.6 Å². The van der Waals surface area contributed by atoms with Crippen LogP contribution in [-0.4, -0.2) is 33.6 Å². The van der Waals surface area contributed by atoms with E-state index in [-0.39, 0.29) is 30.0 Å². The van der Waals surface area contributed by atoms with Crippen LogP contribution in [0.4, 0.5) is 0 Å². The number of fused-ring (bicyclic) bond motifs is 1. The number of guanidine groups is 1. The third-order valence-corrected chi connectivity index (χ3v) is 4.53. The van der Waals surface area contributed by atoms with E-state index in [4.69, 9.17) is 11.6 Å². The van der Waals surface area contributed by atoms with Gasteiger partial charge < -0.3 is 10.6 Å². The van der Waals surface area contributed by atoms with Crippen molar-refractivity contribution in [2.45, 2.75) is 32.7 Å². The number of benzene rings is 1. The first-order valence-electron chi connectivity index (χ1n) is 9.26. The summed E-state index contributed by atoms with van der Waals surface area (Å²) in [6.07, 6.45) is 3.73. The van der Waals surface area contributed by atoms with Gasteiger partial charge in [0, 0.05) is 30.7 Å². The molecule has 150 valence electrons. The number of aromatic nitrogens is 3. The van der Waals surface area contributed by atoms with E-state index in [1.54, 1.807) is 0 Å². The van der Waals surface area contributed by atoms with Crippen molar-refractivity contribution in [1.82, 2.24) is 25.2 Å². The second-order valence-electron chi connectivity index (χ2n) is 6.33. The molecule has 3 aromatic rings. The Morgan fingerprint density at radius 1 is 1.18 bits per heavy atom. The quantitative estimate of drug-likeness (QED) is 0.215. The molecule has 1 aromatic carbocycles. The third-order valence-electron chi connectivity index (χ3n) is 4.28. The summed E-state index contributed by atoms with van der Waals surface area (Å²) in [5, 5.41) is 15.9. The second-order valence-corrected chi connectivity index (χ2v) is 6.76. The zero-order valence-corrected chi connectivity index (χ0v) is 19.2. The van der Waals surface area contributed by atoms with Crippen LogP contribution in [0.2, 0.25) is 5.02 Å². The summed E-state index contributed by atoms with van der Waals surface area (Å²) in [7, 11) is 0. The van der Waals surface area contributed by atoms with Gasteiger partial charge in [-0.1, -0.05) is 29.8 Å². The number of rotatable bonds is 7. The topological polar surface area (TPSA) is 66.6 Å². The van der Waals surface area contributed by atoms with Crippen molar-refractivity contribution in [3.63, 3.8) is 0 Å². The summed E-state index contributed by atoms with van der Waals surface area (Å²) in [6, 6.07) is 13.9. The second kappa shape index (κ2) is 11.2. The fourth-order valence-corrected chi connectivity index (χ4v) is 2.98. The van der Waals surface area contributed by atoms with Gasteiger partial charge in [0.1, 0.15) is 5.82 Å². The summed E-state index contributed by atoms with van der Waals surface area (Å²) in [5.74, 6) is 1.78. The van der Waals surface area contributed by atoms with Crippen LogP contribution in [0.1, 0.15) is 37.7 Å². The Labute approximate surface area is 187 Å². The Morgan fingerprint density at radius 2 is 1.96 bits per heavy atom. The van der Waals surface area contributed by atoms with Crippen molar-refractivity contribution in [1.29, 1.82) is 0 Å². The number of hydrogen-bond donors (Lipinski definition) is 2. The first-order chi connectivity index (χ1) is 13.2. The molecule has 0 fully saturated rings. The number of aryl methyl sites for hydroxylation is 1. The van der Waals surface area contributed by atoms with E-state index in [0.29, 0.717) is 6.54 Å². The highest BCUT2D eigenvalue weighted by Crippen LogP contribution is 2.15. The fraction of sp³-hybridized carbons (Fsp3) is 0.350. The van der Waals surface area contributed by atoms with Gasteiger partial charge in [-0.05, 0) is 50.1 Å². The maximum Gasteiger partial charge on any atom is 0.191 e. The van der Waals surface area contributed by atoms with Crippen LogP contribution in [0, 0.1) is 0 Å². The van der Waals surface area contributed by atoms with Crippen molar-refractivity contribution in [3.8, 4) is 0 Å². The highest BCUT2D eigenvalue weighted by Gasteiger charge is 2.08. The molecule has 0 aliphatic rings. The van der Waals surface area contributed by atoms with Crippen LogP contribution in [0.25, 0.3) is 5.65 Å². The van der Waals surface area contributed by atoms with Gasteiger partial charge in [-0.3, -0.25) is 9.39 Å². The SMILES string of the molecule is CCNC(=NCCCc1nnc2ccccn12)NC(C)c1ccc(Cl)cc1.I. The minimum Gasteiger partial charge on any atom is -0.357 e. The molecule has 6 nitrogen and oxygen atoms in total. The minimum absolute atomic E-state index is 0. The minimum atomic E-state index is 0. The van der Waals surface area contributed by atoms with E-state index < -0.39 is 0 Å². The van der Waals surface area contributed by atoms with Gasteiger partial charge in [-0.15, -0.1) is 34.2 Å². The van der Waals surface area contributed by atoms with Crippen LogP contribution in [0.5, 0.6) is 0 Å². The highest BCUT2D eigenvalue weighted by atomic mass is 127. The standard InChI is InChI=1S/C20H25ClN6.HI/c1-3-22-20(24-15(2)16-9-11-17(21)12-10-16)23-13-6-8-19-26-25-18-7-4-5-14-27(18)19;/h4-5,7,9-12,14-15H,3,6,8,13H2,1-2H3,(H2,22,23,24);1H. The molecule has 8 heteroatoms. The first kappa shape index (κ1) is 22.4. The van der Waals surface area contributed by atoms with Crippen LogP contribution in [0.15, 0.2) is 53.7 Å². The number of halogens is 2. The van der Waals surface area contributed by atoms with Gasteiger partial charge in [-0.2, -0.15) is 0 Å². The summed E-state index contributed by atoms with van der Waals surface area (Å²) < 4.78 is 2.02. The molecule has 0 aliphatic carbocycles. The van der Waals surface area contributed by atoms with Crippen molar-refractivity contribution >= 4 is 47.2 Å². The van der Waals surface area contributed by atoms with Crippen LogP contribution in [0.3, 0.4) is 0 Å². The highest BCUT2D eigenvalue weighted by molar-refractivity contribution is 14.0. The zero-order valence-electron chi connectivity index (χ0n) is 16.1. The molecular formula is C20H26ClIN6. The van der Waals surface area contributed by atoms with E-state index in [9.17, 15) is 0 Å². The van der Waals surface area contributed by atoms with Gasteiger partial charge in [0.25, 0.3) is 0 Å². The Balaban J connectivity index is 0.00000280. The molecule has 0 amide bonds. The van der Waals surface area contributed by atoms with Crippen LogP contribution in [-0.2, 0) is 6.42 Å². The molecule has 0 bridgehead atoms. The monoisotopic (exact) mass is 512 g/mol.